The van der Waals surface area contributed by atoms with Crippen molar-refractivity contribution in [3.63, 3.8) is 0 Å². The molecule has 0 bridgehead atoms. The quantitative estimate of drug-likeness (QED) is 0.888. The Kier molecular flexibility index (Phi) is 3.63. The van der Waals surface area contributed by atoms with Gasteiger partial charge in [0.2, 0.25) is 10.0 Å². The predicted molar refractivity (Wildman–Crippen MR) is 65.8 cm³/mol. The fourth-order valence-corrected chi connectivity index (χ4v) is 3.70. The number of piperazine rings is 1. The molecule has 1 aromatic carbocycles. The standard InChI is InChI=1S/C10H13BrN2O2S/c11-9-2-1-3-10(8-9)16(14,15)13-6-4-12-5-7-13/h1-3,8,12H,4-7H2. The molecule has 1 fully saturated rings. The average Bonchev–Trinajstić information content (AvgIpc) is 2.30. The molecule has 1 aliphatic heterocycles. The zero-order valence-electron chi connectivity index (χ0n) is 8.69. The molecule has 2 rings (SSSR count). The van der Waals surface area contributed by atoms with E-state index in [0.29, 0.717) is 31.1 Å². The first-order valence-corrected chi connectivity index (χ1v) is 7.30. The van der Waals surface area contributed by atoms with Crippen LogP contribution in [0, 0.1) is 0 Å². The summed E-state index contributed by atoms with van der Waals surface area (Å²) in [6.45, 7) is 2.50. The summed E-state index contributed by atoms with van der Waals surface area (Å²) >= 11 is 3.28. The summed E-state index contributed by atoms with van der Waals surface area (Å²) in [4.78, 5) is 0.351. The molecule has 0 spiro atoms. The van der Waals surface area contributed by atoms with E-state index in [-0.39, 0.29) is 0 Å². The van der Waals surface area contributed by atoms with Gasteiger partial charge in [0.1, 0.15) is 0 Å². The number of halogens is 1. The SMILES string of the molecule is O=S(=O)(c1cccc(Br)c1)N1CCNCC1. The van der Waals surface area contributed by atoms with Gasteiger partial charge in [-0.15, -0.1) is 0 Å². The normalized spacial score (nSPS) is 18.6. The maximum atomic E-state index is 12.2. The fraction of sp³-hybridized carbons (Fsp3) is 0.400. The smallest absolute Gasteiger partial charge is 0.243 e. The summed E-state index contributed by atoms with van der Waals surface area (Å²) in [6.07, 6.45) is 0. The summed E-state index contributed by atoms with van der Waals surface area (Å²) in [5.74, 6) is 0. The van der Waals surface area contributed by atoms with Crippen molar-refractivity contribution in [3.8, 4) is 0 Å². The molecule has 0 aliphatic carbocycles. The van der Waals surface area contributed by atoms with Crippen molar-refractivity contribution in [2.24, 2.45) is 0 Å². The minimum absolute atomic E-state index is 0.351. The Bertz CT molecular complexity index is 469. The lowest BCUT2D eigenvalue weighted by Gasteiger charge is -2.26. The number of sulfonamides is 1. The summed E-state index contributed by atoms with van der Waals surface area (Å²) in [5, 5.41) is 3.13. The third-order valence-corrected chi connectivity index (χ3v) is 4.90. The van der Waals surface area contributed by atoms with E-state index in [1.165, 1.54) is 4.31 Å². The molecular weight excluding hydrogens is 292 g/mol. The van der Waals surface area contributed by atoms with E-state index in [0.717, 1.165) is 4.47 Å². The molecule has 1 aromatic rings. The molecule has 0 saturated carbocycles. The fourth-order valence-electron chi connectivity index (χ4n) is 1.66. The van der Waals surface area contributed by atoms with Crippen LogP contribution in [0.3, 0.4) is 0 Å². The topological polar surface area (TPSA) is 49.4 Å². The summed E-state index contributed by atoms with van der Waals surface area (Å²) in [6, 6.07) is 6.81. The van der Waals surface area contributed by atoms with Crippen molar-refractivity contribution in [1.29, 1.82) is 0 Å². The van der Waals surface area contributed by atoms with Crippen LogP contribution in [0.1, 0.15) is 0 Å². The first-order chi connectivity index (χ1) is 7.60. The van der Waals surface area contributed by atoms with Crippen LogP contribution in [0.4, 0.5) is 0 Å². The number of hydrogen-bond donors (Lipinski definition) is 1. The van der Waals surface area contributed by atoms with Gasteiger partial charge in [0.05, 0.1) is 4.90 Å². The molecule has 1 heterocycles. The molecule has 0 atom stereocenters. The van der Waals surface area contributed by atoms with E-state index >= 15 is 0 Å². The van der Waals surface area contributed by atoms with Gasteiger partial charge in [-0.2, -0.15) is 4.31 Å². The zero-order valence-corrected chi connectivity index (χ0v) is 11.1. The summed E-state index contributed by atoms with van der Waals surface area (Å²) < 4.78 is 26.7. The van der Waals surface area contributed by atoms with E-state index in [1.807, 2.05) is 6.07 Å². The van der Waals surface area contributed by atoms with Crippen molar-refractivity contribution in [3.05, 3.63) is 28.7 Å². The predicted octanol–water partition coefficient (Wildman–Crippen LogP) is 1.04. The van der Waals surface area contributed by atoms with E-state index in [9.17, 15) is 8.42 Å². The number of nitrogens with one attached hydrogen (secondary N) is 1. The maximum Gasteiger partial charge on any atom is 0.243 e. The van der Waals surface area contributed by atoms with Crippen LogP contribution in [0.15, 0.2) is 33.6 Å². The molecule has 1 saturated heterocycles. The molecule has 4 nitrogen and oxygen atoms in total. The number of rotatable bonds is 2. The van der Waals surface area contributed by atoms with Gasteiger partial charge in [-0.1, -0.05) is 22.0 Å². The van der Waals surface area contributed by atoms with Crippen molar-refractivity contribution in [1.82, 2.24) is 9.62 Å². The average molecular weight is 305 g/mol. The monoisotopic (exact) mass is 304 g/mol. The second-order valence-electron chi connectivity index (χ2n) is 3.61. The Balaban J connectivity index is 2.30. The van der Waals surface area contributed by atoms with E-state index in [4.69, 9.17) is 0 Å². The van der Waals surface area contributed by atoms with Crippen LogP contribution in [-0.2, 0) is 10.0 Å². The minimum Gasteiger partial charge on any atom is -0.314 e. The first-order valence-electron chi connectivity index (χ1n) is 5.07. The van der Waals surface area contributed by atoms with E-state index in [2.05, 4.69) is 21.2 Å². The highest BCUT2D eigenvalue weighted by molar-refractivity contribution is 9.10. The van der Waals surface area contributed by atoms with Crippen molar-refractivity contribution in [2.75, 3.05) is 26.2 Å². The van der Waals surface area contributed by atoms with Crippen molar-refractivity contribution in [2.45, 2.75) is 4.90 Å². The van der Waals surface area contributed by atoms with Gasteiger partial charge in [0.25, 0.3) is 0 Å². The maximum absolute atomic E-state index is 12.2. The Morgan fingerprint density at radius 3 is 2.56 bits per heavy atom. The van der Waals surface area contributed by atoms with Crippen LogP contribution in [0.2, 0.25) is 0 Å². The largest absolute Gasteiger partial charge is 0.314 e. The number of benzene rings is 1. The summed E-state index contributed by atoms with van der Waals surface area (Å²) in [5.41, 5.74) is 0. The van der Waals surface area contributed by atoms with Gasteiger partial charge in [-0.25, -0.2) is 8.42 Å². The number of hydrogen-bond acceptors (Lipinski definition) is 3. The highest BCUT2D eigenvalue weighted by Gasteiger charge is 2.25. The molecule has 0 radical (unpaired) electrons. The van der Waals surface area contributed by atoms with Gasteiger partial charge in [-0.3, -0.25) is 0 Å². The molecule has 0 aromatic heterocycles. The second-order valence-corrected chi connectivity index (χ2v) is 6.47. The zero-order chi connectivity index (χ0) is 11.6. The molecular formula is C10H13BrN2O2S. The number of nitrogens with zero attached hydrogens (tertiary/aromatic N) is 1. The Morgan fingerprint density at radius 1 is 1.25 bits per heavy atom. The lowest BCUT2D eigenvalue weighted by molar-refractivity contribution is 0.360. The van der Waals surface area contributed by atoms with E-state index < -0.39 is 10.0 Å². The Hall–Kier alpha value is -0.430. The third-order valence-electron chi connectivity index (χ3n) is 2.51. The van der Waals surface area contributed by atoms with Gasteiger partial charge in [0, 0.05) is 30.7 Å². The molecule has 1 aliphatic rings. The van der Waals surface area contributed by atoms with Crippen LogP contribution in [-0.4, -0.2) is 38.9 Å². The molecule has 6 heteroatoms. The highest BCUT2D eigenvalue weighted by Crippen LogP contribution is 2.20. The van der Waals surface area contributed by atoms with Gasteiger partial charge in [0.15, 0.2) is 0 Å². The molecule has 0 amide bonds. The van der Waals surface area contributed by atoms with Gasteiger partial charge >= 0.3 is 0 Å². The van der Waals surface area contributed by atoms with Crippen LogP contribution in [0.25, 0.3) is 0 Å². The highest BCUT2D eigenvalue weighted by atomic mass is 79.9. The lowest BCUT2D eigenvalue weighted by atomic mass is 10.4. The Labute approximate surface area is 104 Å². The van der Waals surface area contributed by atoms with Crippen molar-refractivity contribution < 1.29 is 8.42 Å². The molecule has 88 valence electrons. The van der Waals surface area contributed by atoms with Crippen LogP contribution >= 0.6 is 15.9 Å². The first kappa shape index (κ1) is 12.0. The van der Waals surface area contributed by atoms with Gasteiger partial charge in [-0.05, 0) is 18.2 Å². The van der Waals surface area contributed by atoms with Gasteiger partial charge < -0.3 is 5.32 Å². The third kappa shape index (κ3) is 2.45. The van der Waals surface area contributed by atoms with E-state index in [1.54, 1.807) is 18.2 Å². The van der Waals surface area contributed by atoms with Crippen molar-refractivity contribution >= 4 is 26.0 Å². The summed E-state index contributed by atoms with van der Waals surface area (Å²) in [7, 11) is -3.32. The van der Waals surface area contributed by atoms with Crippen LogP contribution in [0.5, 0.6) is 0 Å². The van der Waals surface area contributed by atoms with Crippen LogP contribution < -0.4 is 5.32 Å². The lowest BCUT2D eigenvalue weighted by Crippen LogP contribution is -2.46. The minimum atomic E-state index is -3.32. The molecule has 0 unspecified atom stereocenters. The molecule has 16 heavy (non-hydrogen) atoms. The second kappa shape index (κ2) is 4.83. The molecule has 1 N–H and O–H groups in total. The Morgan fingerprint density at radius 2 is 1.94 bits per heavy atom.